The summed E-state index contributed by atoms with van der Waals surface area (Å²) in [4.78, 5) is 9.36. The first kappa shape index (κ1) is 20.9. The Balaban J connectivity index is 1.66. The maximum Gasteiger partial charge on any atom is 0.193 e. The van der Waals surface area contributed by atoms with Crippen LogP contribution in [0.3, 0.4) is 0 Å². The lowest BCUT2D eigenvalue weighted by atomic mass is 10.0. The van der Waals surface area contributed by atoms with Gasteiger partial charge in [-0.25, -0.2) is 0 Å². The molecule has 0 saturated carbocycles. The molecular weight excluding hydrogens is 356 g/mol. The molecule has 2 saturated heterocycles. The molecule has 1 aromatic carbocycles. The van der Waals surface area contributed by atoms with Crippen molar-refractivity contribution in [3.05, 3.63) is 29.8 Å². The van der Waals surface area contributed by atoms with Gasteiger partial charge in [0.05, 0.1) is 33.0 Å². The van der Waals surface area contributed by atoms with Crippen LogP contribution >= 0.6 is 0 Å². The Labute approximate surface area is 168 Å². The van der Waals surface area contributed by atoms with E-state index in [9.17, 15) is 0 Å². The van der Waals surface area contributed by atoms with Crippen molar-refractivity contribution in [1.29, 1.82) is 0 Å². The minimum absolute atomic E-state index is 0.268. The molecule has 2 aliphatic heterocycles. The highest BCUT2D eigenvalue weighted by atomic mass is 16.5. The highest BCUT2D eigenvalue weighted by Gasteiger charge is 2.27. The molecule has 1 aromatic rings. The van der Waals surface area contributed by atoms with Crippen LogP contribution in [0.25, 0.3) is 0 Å². The van der Waals surface area contributed by atoms with E-state index >= 15 is 0 Å². The van der Waals surface area contributed by atoms with Crippen molar-refractivity contribution in [3.63, 3.8) is 0 Å². The van der Waals surface area contributed by atoms with Crippen molar-refractivity contribution in [2.24, 2.45) is 10.9 Å². The Morgan fingerprint density at radius 2 is 1.96 bits per heavy atom. The lowest BCUT2D eigenvalue weighted by Gasteiger charge is -2.35. The first-order valence-electron chi connectivity index (χ1n) is 10.2. The Morgan fingerprint density at radius 1 is 1.21 bits per heavy atom. The summed E-state index contributed by atoms with van der Waals surface area (Å²) >= 11 is 0. The van der Waals surface area contributed by atoms with Crippen molar-refractivity contribution in [2.75, 3.05) is 73.8 Å². The number of guanidine groups is 1. The normalized spacial score (nSPS) is 22.3. The second-order valence-corrected chi connectivity index (χ2v) is 7.42. The lowest BCUT2D eigenvalue weighted by molar-refractivity contribution is 0.0169. The molecule has 0 aromatic heterocycles. The predicted octanol–water partition coefficient (Wildman–Crippen LogP) is 1.61. The van der Waals surface area contributed by atoms with Gasteiger partial charge in [0, 0.05) is 52.8 Å². The summed E-state index contributed by atoms with van der Waals surface area (Å²) in [5.74, 6) is 2.44. The summed E-state index contributed by atoms with van der Waals surface area (Å²) in [6, 6.07) is 8.66. The summed E-state index contributed by atoms with van der Waals surface area (Å²) in [6.07, 6.45) is 1.15. The van der Waals surface area contributed by atoms with Gasteiger partial charge >= 0.3 is 0 Å². The fraction of sp³-hybridized carbons (Fsp3) is 0.667. The molecule has 0 aliphatic carbocycles. The van der Waals surface area contributed by atoms with E-state index in [-0.39, 0.29) is 6.04 Å². The van der Waals surface area contributed by atoms with Gasteiger partial charge in [0.15, 0.2) is 5.96 Å². The monoisotopic (exact) mass is 390 g/mol. The number of rotatable bonds is 7. The molecule has 0 spiro atoms. The summed E-state index contributed by atoms with van der Waals surface area (Å²) < 4.78 is 16.2. The zero-order valence-electron chi connectivity index (χ0n) is 17.4. The van der Waals surface area contributed by atoms with Crippen molar-refractivity contribution in [2.45, 2.75) is 12.5 Å². The highest BCUT2D eigenvalue weighted by Crippen LogP contribution is 2.24. The highest BCUT2D eigenvalue weighted by molar-refractivity contribution is 5.80. The average Bonchev–Trinajstić information content (AvgIpc) is 3.21. The zero-order valence-corrected chi connectivity index (χ0v) is 17.4. The number of benzene rings is 1. The molecule has 1 N–H and O–H groups in total. The molecule has 2 heterocycles. The van der Waals surface area contributed by atoms with Gasteiger partial charge in [-0.1, -0.05) is 12.1 Å². The second kappa shape index (κ2) is 10.6. The van der Waals surface area contributed by atoms with E-state index in [4.69, 9.17) is 14.2 Å². The van der Waals surface area contributed by atoms with Gasteiger partial charge in [0.25, 0.3) is 0 Å². The Kier molecular flexibility index (Phi) is 7.94. The van der Waals surface area contributed by atoms with E-state index in [1.165, 1.54) is 5.56 Å². The Morgan fingerprint density at radius 3 is 2.61 bits per heavy atom. The number of hydrogen-bond donors (Lipinski definition) is 1. The van der Waals surface area contributed by atoms with E-state index in [0.717, 1.165) is 70.7 Å². The summed E-state index contributed by atoms with van der Waals surface area (Å²) in [7, 11) is 5.34. The Bertz CT molecular complexity index is 617. The number of nitrogens with one attached hydrogen (secondary N) is 1. The quantitative estimate of drug-likeness (QED) is 0.564. The third-order valence-corrected chi connectivity index (χ3v) is 5.64. The largest absolute Gasteiger partial charge is 0.497 e. The average molecular weight is 391 g/mol. The van der Waals surface area contributed by atoms with Gasteiger partial charge in [0.2, 0.25) is 0 Å². The molecular formula is C21H34N4O3. The molecule has 2 atom stereocenters. The molecule has 2 fully saturated rings. The summed E-state index contributed by atoms with van der Waals surface area (Å²) in [5, 5.41) is 3.62. The third-order valence-electron chi connectivity index (χ3n) is 5.64. The maximum atomic E-state index is 5.56. The van der Waals surface area contributed by atoms with Crippen LogP contribution in [-0.4, -0.2) is 89.6 Å². The third kappa shape index (κ3) is 5.37. The first-order valence-corrected chi connectivity index (χ1v) is 10.2. The number of aliphatic imine (C=N–C) groups is 1. The molecule has 7 heteroatoms. The molecule has 156 valence electrons. The molecule has 2 aliphatic rings. The summed E-state index contributed by atoms with van der Waals surface area (Å²) in [6.45, 7) is 7.10. The smallest absolute Gasteiger partial charge is 0.193 e. The number of hydrogen-bond acceptors (Lipinski definition) is 5. The molecule has 3 rings (SSSR count). The zero-order chi connectivity index (χ0) is 19.8. The van der Waals surface area contributed by atoms with E-state index in [1.807, 2.05) is 19.2 Å². The van der Waals surface area contributed by atoms with E-state index in [0.29, 0.717) is 5.92 Å². The number of morpholine rings is 1. The minimum atomic E-state index is 0.268. The molecule has 0 radical (unpaired) electrons. The topological polar surface area (TPSA) is 58.6 Å². The lowest BCUT2D eigenvalue weighted by Crippen LogP contribution is -2.47. The molecule has 0 amide bonds. The Hall–Kier alpha value is -1.83. The van der Waals surface area contributed by atoms with Crippen LogP contribution in [0.5, 0.6) is 5.75 Å². The van der Waals surface area contributed by atoms with E-state index in [2.05, 4.69) is 32.2 Å². The van der Waals surface area contributed by atoms with Gasteiger partial charge in [-0.05, 0) is 24.1 Å². The SMILES string of the molecule is CN=C(NCC(c1ccc(OC)cc1)N1CCOCC1)N1CCC(COC)C1. The number of likely N-dealkylation sites (tertiary alicyclic amines) is 1. The van der Waals surface area contributed by atoms with Gasteiger partial charge in [-0.2, -0.15) is 0 Å². The summed E-state index contributed by atoms with van der Waals surface area (Å²) in [5.41, 5.74) is 1.28. The minimum Gasteiger partial charge on any atom is -0.497 e. The van der Waals surface area contributed by atoms with E-state index < -0.39 is 0 Å². The predicted molar refractivity (Wildman–Crippen MR) is 111 cm³/mol. The van der Waals surface area contributed by atoms with Gasteiger partial charge < -0.3 is 24.4 Å². The fourth-order valence-electron chi connectivity index (χ4n) is 4.09. The second-order valence-electron chi connectivity index (χ2n) is 7.42. The first-order chi connectivity index (χ1) is 13.7. The van der Waals surface area contributed by atoms with Crippen LogP contribution in [0.2, 0.25) is 0 Å². The van der Waals surface area contributed by atoms with Crippen LogP contribution in [0.1, 0.15) is 18.0 Å². The number of methoxy groups -OCH3 is 2. The van der Waals surface area contributed by atoms with Crippen molar-refractivity contribution in [1.82, 2.24) is 15.1 Å². The van der Waals surface area contributed by atoms with Crippen molar-refractivity contribution >= 4 is 5.96 Å². The van der Waals surface area contributed by atoms with Crippen LogP contribution < -0.4 is 10.1 Å². The fourth-order valence-corrected chi connectivity index (χ4v) is 4.09. The van der Waals surface area contributed by atoms with Gasteiger partial charge in [-0.3, -0.25) is 9.89 Å². The molecule has 2 unspecified atom stereocenters. The van der Waals surface area contributed by atoms with E-state index in [1.54, 1.807) is 14.2 Å². The number of ether oxygens (including phenoxy) is 3. The molecule has 0 bridgehead atoms. The van der Waals surface area contributed by atoms with Crippen LogP contribution in [-0.2, 0) is 9.47 Å². The standard InChI is InChI=1S/C21H34N4O3/c1-22-21(25-9-8-17(15-25)16-26-2)23-14-20(24-10-12-28-13-11-24)18-4-6-19(27-3)7-5-18/h4-7,17,20H,8-16H2,1-3H3,(H,22,23). The van der Waals surface area contributed by atoms with Gasteiger partial charge in [-0.15, -0.1) is 0 Å². The van der Waals surface area contributed by atoms with Crippen LogP contribution in [0.15, 0.2) is 29.3 Å². The van der Waals surface area contributed by atoms with Crippen molar-refractivity contribution in [3.8, 4) is 5.75 Å². The van der Waals surface area contributed by atoms with Crippen molar-refractivity contribution < 1.29 is 14.2 Å². The molecule has 28 heavy (non-hydrogen) atoms. The number of nitrogens with zero attached hydrogens (tertiary/aromatic N) is 3. The van der Waals surface area contributed by atoms with Crippen LogP contribution in [0, 0.1) is 5.92 Å². The maximum absolute atomic E-state index is 5.56. The molecule has 7 nitrogen and oxygen atoms in total. The van der Waals surface area contributed by atoms with Gasteiger partial charge in [0.1, 0.15) is 5.75 Å². The van der Waals surface area contributed by atoms with Crippen LogP contribution in [0.4, 0.5) is 0 Å².